The Labute approximate surface area is 131 Å². The van der Waals surface area contributed by atoms with Crippen molar-refractivity contribution >= 4 is 44.5 Å². The molecule has 0 bridgehead atoms. The molecule has 2 aromatic carbocycles. The molecule has 0 radical (unpaired) electrons. The number of carbonyl (C=O) groups is 1. The first-order valence-corrected chi connectivity index (χ1v) is 7.54. The average Bonchev–Trinajstić information content (AvgIpc) is 2.96. The van der Waals surface area contributed by atoms with Gasteiger partial charge >= 0.3 is 0 Å². The van der Waals surface area contributed by atoms with Gasteiger partial charge in [-0.2, -0.15) is 0 Å². The summed E-state index contributed by atoms with van der Waals surface area (Å²) in [7, 11) is 0. The van der Waals surface area contributed by atoms with Gasteiger partial charge in [-0.05, 0) is 43.3 Å². The molecule has 0 saturated carbocycles. The molecule has 0 unspecified atom stereocenters. The van der Waals surface area contributed by atoms with Gasteiger partial charge in [-0.25, -0.2) is 9.98 Å². The summed E-state index contributed by atoms with van der Waals surface area (Å²) in [5.74, 6) is 0.707. The summed E-state index contributed by atoms with van der Waals surface area (Å²) in [5.41, 5.74) is 8.45. The number of anilines is 1. The minimum absolute atomic E-state index is 0.636. The molecule has 110 valence electrons. The first-order valence-electron chi connectivity index (χ1n) is 6.73. The van der Waals surface area contributed by atoms with Crippen LogP contribution in [0.4, 0.5) is 10.8 Å². The van der Waals surface area contributed by atoms with Crippen molar-refractivity contribution in [2.24, 2.45) is 4.99 Å². The molecule has 0 aliphatic carbocycles. The minimum Gasteiger partial charge on any atom is -0.298 e. The zero-order chi connectivity index (χ0) is 15.4. The number of aliphatic imine (C=N–C) groups is 1. The Morgan fingerprint density at radius 2 is 1.95 bits per heavy atom. The van der Waals surface area contributed by atoms with Gasteiger partial charge in [0.2, 0.25) is 5.13 Å². The summed E-state index contributed by atoms with van der Waals surface area (Å²) >= 11 is 1.57. The highest BCUT2D eigenvalue weighted by atomic mass is 32.1. The molecule has 0 aliphatic rings. The van der Waals surface area contributed by atoms with Crippen LogP contribution >= 0.6 is 11.3 Å². The largest absolute Gasteiger partial charge is 0.298 e. The van der Waals surface area contributed by atoms with E-state index < -0.39 is 0 Å². The van der Waals surface area contributed by atoms with E-state index in [-0.39, 0.29) is 0 Å². The Balaban J connectivity index is 1.66. The van der Waals surface area contributed by atoms with E-state index in [4.69, 9.17) is 0 Å². The van der Waals surface area contributed by atoms with Crippen LogP contribution in [0.5, 0.6) is 0 Å². The van der Waals surface area contributed by atoms with E-state index in [2.05, 4.69) is 20.8 Å². The van der Waals surface area contributed by atoms with Gasteiger partial charge in [0, 0.05) is 5.56 Å². The number of thiazole rings is 1. The second kappa shape index (κ2) is 6.36. The van der Waals surface area contributed by atoms with E-state index in [0.717, 1.165) is 27.3 Å². The summed E-state index contributed by atoms with van der Waals surface area (Å²) in [6, 6.07) is 15.0. The molecule has 1 heterocycles. The van der Waals surface area contributed by atoms with Gasteiger partial charge in [-0.1, -0.05) is 23.5 Å². The number of hydrazine groups is 1. The predicted molar refractivity (Wildman–Crippen MR) is 91.0 cm³/mol. The van der Waals surface area contributed by atoms with Crippen LogP contribution in [-0.2, 0) is 0 Å². The molecule has 5 nitrogen and oxygen atoms in total. The number of fused-ring (bicyclic) bond motifs is 1. The van der Waals surface area contributed by atoms with Gasteiger partial charge < -0.3 is 0 Å². The monoisotopic (exact) mass is 310 g/mol. The van der Waals surface area contributed by atoms with Crippen molar-refractivity contribution in [3.63, 3.8) is 0 Å². The maximum atomic E-state index is 10.6. The quantitative estimate of drug-likeness (QED) is 0.333. The third-order valence-corrected chi connectivity index (χ3v) is 3.92. The minimum atomic E-state index is 0.636. The van der Waals surface area contributed by atoms with Crippen molar-refractivity contribution in [3.05, 3.63) is 54.1 Å². The third-order valence-electron chi connectivity index (χ3n) is 2.97. The molecular formula is C16H14N4OS. The van der Waals surface area contributed by atoms with Crippen molar-refractivity contribution < 1.29 is 4.79 Å². The van der Waals surface area contributed by atoms with E-state index in [1.165, 1.54) is 0 Å². The van der Waals surface area contributed by atoms with E-state index >= 15 is 0 Å². The standard InChI is InChI=1S/C16H14N4OS/c1-11(17-13-8-6-12(10-21)7-9-13)19-20-16-18-14-4-2-3-5-15(14)22-16/h2-10H,1H3,(H,17,19)(H,18,20). The molecule has 6 heteroatoms. The summed E-state index contributed by atoms with van der Waals surface area (Å²) in [6.45, 7) is 1.86. The number of hydrogen-bond donors (Lipinski definition) is 2. The summed E-state index contributed by atoms with van der Waals surface area (Å²) in [5, 5.41) is 0.784. The lowest BCUT2D eigenvalue weighted by molar-refractivity contribution is 0.112. The summed E-state index contributed by atoms with van der Waals surface area (Å²) in [6.07, 6.45) is 0.813. The zero-order valence-corrected chi connectivity index (χ0v) is 12.7. The van der Waals surface area contributed by atoms with E-state index in [9.17, 15) is 4.79 Å². The number of nitrogens with one attached hydrogen (secondary N) is 2. The van der Waals surface area contributed by atoms with E-state index in [0.29, 0.717) is 11.4 Å². The lowest BCUT2D eigenvalue weighted by atomic mass is 10.2. The van der Waals surface area contributed by atoms with Gasteiger partial charge in [-0.3, -0.25) is 15.6 Å². The molecular weight excluding hydrogens is 296 g/mol. The van der Waals surface area contributed by atoms with Crippen molar-refractivity contribution in [1.29, 1.82) is 0 Å². The van der Waals surface area contributed by atoms with Crippen LogP contribution < -0.4 is 10.9 Å². The molecule has 0 amide bonds. The van der Waals surface area contributed by atoms with Crippen LogP contribution in [0.2, 0.25) is 0 Å². The molecule has 22 heavy (non-hydrogen) atoms. The first-order chi connectivity index (χ1) is 10.7. The maximum Gasteiger partial charge on any atom is 0.202 e. The lowest BCUT2D eigenvalue weighted by Gasteiger charge is -2.05. The highest BCUT2D eigenvalue weighted by Gasteiger charge is 2.02. The Kier molecular flexibility index (Phi) is 4.11. The molecule has 0 atom stereocenters. The number of amidine groups is 1. The molecule has 0 spiro atoms. The van der Waals surface area contributed by atoms with Gasteiger partial charge in [0.25, 0.3) is 0 Å². The molecule has 2 N–H and O–H groups in total. The number of benzene rings is 2. The maximum absolute atomic E-state index is 10.6. The number of para-hydroxylation sites is 1. The first kappa shape index (κ1) is 14.2. The van der Waals surface area contributed by atoms with Crippen molar-refractivity contribution in [2.75, 3.05) is 5.43 Å². The Bertz CT molecular complexity index is 791. The zero-order valence-electron chi connectivity index (χ0n) is 11.9. The van der Waals surface area contributed by atoms with Gasteiger partial charge in [0.15, 0.2) is 0 Å². The number of aromatic nitrogens is 1. The van der Waals surface area contributed by atoms with E-state index in [1.807, 2.05) is 31.2 Å². The SMILES string of the molecule is CC(=Nc1ccc(C=O)cc1)NNc1nc2ccccc2s1. The topological polar surface area (TPSA) is 66.4 Å². The van der Waals surface area contributed by atoms with Gasteiger partial charge in [-0.15, -0.1) is 0 Å². The number of carbonyl (C=O) groups excluding carboxylic acids is 1. The van der Waals surface area contributed by atoms with Gasteiger partial charge in [0.1, 0.15) is 12.1 Å². The fourth-order valence-electron chi connectivity index (χ4n) is 1.92. The highest BCUT2D eigenvalue weighted by molar-refractivity contribution is 7.22. The molecule has 0 saturated heterocycles. The van der Waals surface area contributed by atoms with Crippen LogP contribution in [0.25, 0.3) is 10.2 Å². The third kappa shape index (κ3) is 3.29. The van der Waals surface area contributed by atoms with Crippen LogP contribution in [0.3, 0.4) is 0 Å². The smallest absolute Gasteiger partial charge is 0.202 e. The summed E-state index contributed by atoms with van der Waals surface area (Å²) in [4.78, 5) is 19.5. The lowest BCUT2D eigenvalue weighted by Crippen LogP contribution is -2.26. The highest BCUT2D eigenvalue weighted by Crippen LogP contribution is 2.24. The van der Waals surface area contributed by atoms with Gasteiger partial charge in [0.05, 0.1) is 15.9 Å². The predicted octanol–water partition coefficient (Wildman–Crippen LogP) is 3.78. The van der Waals surface area contributed by atoms with E-state index in [1.54, 1.807) is 35.6 Å². The fraction of sp³-hybridized carbons (Fsp3) is 0.0625. The number of nitrogens with zero attached hydrogens (tertiary/aromatic N) is 2. The number of aldehydes is 1. The molecule has 0 aliphatic heterocycles. The number of hydrogen-bond acceptors (Lipinski definition) is 5. The molecule has 0 fully saturated rings. The van der Waals surface area contributed by atoms with Crippen molar-refractivity contribution in [3.8, 4) is 0 Å². The summed E-state index contributed by atoms with van der Waals surface area (Å²) < 4.78 is 1.13. The molecule has 1 aromatic heterocycles. The Morgan fingerprint density at radius 1 is 1.18 bits per heavy atom. The van der Waals surface area contributed by atoms with Crippen molar-refractivity contribution in [2.45, 2.75) is 6.92 Å². The Morgan fingerprint density at radius 3 is 2.68 bits per heavy atom. The van der Waals surface area contributed by atoms with Crippen LogP contribution in [-0.4, -0.2) is 17.1 Å². The van der Waals surface area contributed by atoms with Crippen molar-refractivity contribution in [1.82, 2.24) is 10.4 Å². The van der Waals surface area contributed by atoms with Crippen LogP contribution in [0.1, 0.15) is 17.3 Å². The number of rotatable bonds is 4. The normalized spacial score (nSPS) is 11.4. The molecule has 3 rings (SSSR count). The second-order valence-electron chi connectivity index (χ2n) is 4.64. The fourth-order valence-corrected chi connectivity index (χ4v) is 2.74. The Hall–Kier alpha value is -2.73. The molecule has 3 aromatic rings. The van der Waals surface area contributed by atoms with Crippen LogP contribution in [0, 0.1) is 0 Å². The van der Waals surface area contributed by atoms with Crippen LogP contribution in [0.15, 0.2) is 53.5 Å². The second-order valence-corrected chi connectivity index (χ2v) is 5.67. The average molecular weight is 310 g/mol.